The van der Waals surface area contributed by atoms with E-state index in [0.717, 1.165) is 17.7 Å². The average Bonchev–Trinajstić information content (AvgIpc) is 3.05. The minimum absolute atomic E-state index is 0.0376. The van der Waals surface area contributed by atoms with E-state index in [2.05, 4.69) is 25.6 Å². The first-order valence-electron chi connectivity index (χ1n) is 8.98. The third-order valence-electron chi connectivity index (χ3n) is 4.36. The fourth-order valence-electron chi connectivity index (χ4n) is 2.88. The molecule has 3 rings (SSSR count). The highest BCUT2D eigenvalue weighted by Gasteiger charge is 2.24. The smallest absolute Gasteiger partial charge is 0.302 e. The van der Waals surface area contributed by atoms with Crippen molar-refractivity contribution in [2.45, 2.75) is 38.3 Å². The molecule has 1 N–H and O–H groups in total. The number of nitrogens with one attached hydrogen (secondary N) is 1. The van der Waals surface area contributed by atoms with E-state index in [-0.39, 0.29) is 9.37 Å². The number of hydrogen-bond donors (Lipinski definition) is 1. The highest BCUT2D eigenvalue weighted by Crippen LogP contribution is 2.27. The van der Waals surface area contributed by atoms with Gasteiger partial charge in [-0.3, -0.25) is 4.57 Å². The van der Waals surface area contributed by atoms with Crippen molar-refractivity contribution in [2.75, 3.05) is 0 Å². The van der Waals surface area contributed by atoms with Gasteiger partial charge in [0.25, 0.3) is 0 Å². The molecule has 0 amide bonds. The summed E-state index contributed by atoms with van der Waals surface area (Å²) in [6, 6.07) is 10.8. The van der Waals surface area contributed by atoms with Crippen molar-refractivity contribution < 1.29 is 17.5 Å². The molecule has 1 aromatic heterocycles. The SMILES string of the molecule is CCn1c(C(C)NS(=O)(=O)c2ccc(F)cc2Br)cnc1Oc1ccc(C)cc1. The molecule has 0 spiro atoms. The highest BCUT2D eigenvalue weighted by atomic mass is 79.9. The molecule has 0 aliphatic carbocycles. The average molecular weight is 482 g/mol. The van der Waals surface area contributed by atoms with E-state index in [4.69, 9.17) is 4.74 Å². The van der Waals surface area contributed by atoms with Crippen LogP contribution in [-0.2, 0) is 16.6 Å². The lowest BCUT2D eigenvalue weighted by atomic mass is 10.2. The zero-order valence-electron chi connectivity index (χ0n) is 16.2. The summed E-state index contributed by atoms with van der Waals surface area (Å²) in [6.07, 6.45) is 1.58. The Balaban J connectivity index is 1.84. The number of aromatic nitrogens is 2. The molecule has 3 aromatic rings. The second-order valence-electron chi connectivity index (χ2n) is 6.54. The fraction of sp³-hybridized carbons (Fsp3) is 0.250. The first kappa shape index (κ1) is 21.5. The van der Waals surface area contributed by atoms with E-state index in [0.29, 0.717) is 24.0 Å². The van der Waals surface area contributed by atoms with Crippen molar-refractivity contribution in [3.05, 3.63) is 70.2 Å². The number of nitrogens with zero attached hydrogens (tertiary/aromatic N) is 2. The maximum absolute atomic E-state index is 13.3. The van der Waals surface area contributed by atoms with E-state index in [1.165, 1.54) is 6.07 Å². The van der Waals surface area contributed by atoms with E-state index < -0.39 is 21.9 Å². The van der Waals surface area contributed by atoms with Gasteiger partial charge < -0.3 is 4.74 Å². The normalized spacial score (nSPS) is 12.7. The van der Waals surface area contributed by atoms with Gasteiger partial charge in [-0.2, -0.15) is 0 Å². The van der Waals surface area contributed by atoms with Crippen LogP contribution in [-0.4, -0.2) is 18.0 Å². The highest BCUT2D eigenvalue weighted by molar-refractivity contribution is 9.10. The van der Waals surface area contributed by atoms with Gasteiger partial charge in [0.05, 0.1) is 22.8 Å². The zero-order valence-corrected chi connectivity index (χ0v) is 18.6. The second kappa shape index (κ2) is 8.64. The Morgan fingerprint density at radius 2 is 1.93 bits per heavy atom. The van der Waals surface area contributed by atoms with Crippen molar-refractivity contribution in [2.24, 2.45) is 0 Å². The van der Waals surface area contributed by atoms with Crippen LogP contribution in [0.3, 0.4) is 0 Å². The number of sulfonamides is 1. The number of benzene rings is 2. The van der Waals surface area contributed by atoms with Gasteiger partial charge in [-0.1, -0.05) is 17.7 Å². The monoisotopic (exact) mass is 481 g/mol. The van der Waals surface area contributed by atoms with E-state index in [1.54, 1.807) is 17.7 Å². The lowest BCUT2D eigenvalue weighted by Crippen LogP contribution is -2.28. The Bertz CT molecular complexity index is 1110. The summed E-state index contributed by atoms with van der Waals surface area (Å²) < 4.78 is 49.2. The minimum atomic E-state index is -3.88. The Hall–Kier alpha value is -2.23. The predicted octanol–water partition coefficient (Wildman–Crippen LogP) is 4.94. The van der Waals surface area contributed by atoms with Gasteiger partial charge in [0.2, 0.25) is 10.0 Å². The molecule has 0 fully saturated rings. The van der Waals surface area contributed by atoms with Crippen LogP contribution in [0.15, 0.2) is 58.0 Å². The van der Waals surface area contributed by atoms with Crippen molar-refractivity contribution in [1.29, 1.82) is 0 Å². The number of rotatable bonds is 7. The molecule has 1 heterocycles. The van der Waals surface area contributed by atoms with Crippen molar-refractivity contribution in [3.8, 4) is 11.8 Å². The number of aryl methyl sites for hydroxylation is 1. The summed E-state index contributed by atoms with van der Waals surface area (Å²) in [5, 5.41) is 0. The molecule has 0 bridgehead atoms. The van der Waals surface area contributed by atoms with Crippen molar-refractivity contribution in [1.82, 2.24) is 14.3 Å². The van der Waals surface area contributed by atoms with Gasteiger partial charge in [0, 0.05) is 11.0 Å². The third-order valence-corrected chi connectivity index (χ3v) is 6.87. The Morgan fingerprint density at radius 1 is 1.24 bits per heavy atom. The standard InChI is InChI=1S/C20H21BrFN3O3S/c1-4-25-18(12-23-20(25)28-16-8-5-13(2)6-9-16)14(3)24-29(26,27)19-10-7-15(22)11-17(19)21/h5-12,14,24H,4H2,1-3H3. The van der Waals surface area contributed by atoms with Gasteiger partial charge in [0.1, 0.15) is 11.6 Å². The molecule has 29 heavy (non-hydrogen) atoms. The van der Waals surface area contributed by atoms with Crippen LogP contribution in [0.2, 0.25) is 0 Å². The van der Waals surface area contributed by atoms with Crippen LogP contribution < -0.4 is 9.46 Å². The van der Waals surface area contributed by atoms with E-state index >= 15 is 0 Å². The summed E-state index contributed by atoms with van der Waals surface area (Å²) in [5.41, 5.74) is 1.77. The summed E-state index contributed by atoms with van der Waals surface area (Å²) in [5.74, 6) is 0.122. The largest absolute Gasteiger partial charge is 0.426 e. The third kappa shape index (κ3) is 4.85. The summed E-state index contributed by atoms with van der Waals surface area (Å²) >= 11 is 3.11. The van der Waals surface area contributed by atoms with Crippen LogP contribution in [0.5, 0.6) is 11.8 Å². The molecule has 0 aliphatic rings. The van der Waals surface area contributed by atoms with Gasteiger partial charge in [-0.15, -0.1) is 0 Å². The molecule has 154 valence electrons. The minimum Gasteiger partial charge on any atom is -0.426 e. The molecule has 6 nitrogen and oxygen atoms in total. The van der Waals surface area contributed by atoms with Gasteiger partial charge >= 0.3 is 6.01 Å². The molecular weight excluding hydrogens is 461 g/mol. The number of ether oxygens (including phenoxy) is 1. The van der Waals surface area contributed by atoms with Crippen LogP contribution in [0, 0.1) is 12.7 Å². The number of imidazole rings is 1. The molecule has 0 radical (unpaired) electrons. The predicted molar refractivity (Wildman–Crippen MR) is 112 cm³/mol. The summed E-state index contributed by atoms with van der Waals surface area (Å²) in [4.78, 5) is 4.27. The van der Waals surface area contributed by atoms with Crippen LogP contribution in [0.4, 0.5) is 4.39 Å². The van der Waals surface area contributed by atoms with E-state index in [1.807, 2.05) is 38.1 Å². The molecule has 1 atom stereocenters. The quantitative estimate of drug-likeness (QED) is 0.518. The molecule has 0 saturated carbocycles. The Morgan fingerprint density at radius 3 is 2.55 bits per heavy atom. The molecule has 9 heteroatoms. The van der Waals surface area contributed by atoms with Crippen LogP contribution >= 0.6 is 15.9 Å². The van der Waals surface area contributed by atoms with Gasteiger partial charge in [0.15, 0.2) is 0 Å². The second-order valence-corrected chi connectivity index (χ2v) is 9.08. The maximum atomic E-state index is 13.3. The van der Waals surface area contributed by atoms with Gasteiger partial charge in [-0.25, -0.2) is 22.5 Å². The molecule has 0 aliphatic heterocycles. The maximum Gasteiger partial charge on any atom is 0.302 e. The molecule has 2 aromatic carbocycles. The number of halogens is 2. The first-order valence-corrected chi connectivity index (χ1v) is 11.3. The zero-order chi connectivity index (χ0) is 21.2. The molecule has 0 saturated heterocycles. The lowest BCUT2D eigenvalue weighted by Gasteiger charge is -2.17. The topological polar surface area (TPSA) is 73.2 Å². The van der Waals surface area contributed by atoms with E-state index in [9.17, 15) is 12.8 Å². The molecule has 1 unspecified atom stereocenters. The molecular formula is C20H21BrFN3O3S. The number of hydrogen-bond acceptors (Lipinski definition) is 4. The van der Waals surface area contributed by atoms with Crippen molar-refractivity contribution in [3.63, 3.8) is 0 Å². The first-order chi connectivity index (χ1) is 13.7. The van der Waals surface area contributed by atoms with Crippen LogP contribution in [0.1, 0.15) is 31.1 Å². The Kier molecular flexibility index (Phi) is 6.40. The lowest BCUT2D eigenvalue weighted by molar-refractivity contribution is 0.408. The summed E-state index contributed by atoms with van der Waals surface area (Å²) in [6.45, 7) is 6.17. The van der Waals surface area contributed by atoms with Crippen LogP contribution in [0.25, 0.3) is 0 Å². The van der Waals surface area contributed by atoms with Gasteiger partial charge in [-0.05, 0) is 67.0 Å². The van der Waals surface area contributed by atoms with Crippen molar-refractivity contribution >= 4 is 26.0 Å². The summed E-state index contributed by atoms with van der Waals surface area (Å²) in [7, 11) is -3.88. The Labute approximate surface area is 177 Å². The fourth-order valence-corrected chi connectivity index (χ4v) is 5.14.